The van der Waals surface area contributed by atoms with E-state index in [9.17, 15) is 15.0 Å². The van der Waals surface area contributed by atoms with E-state index < -0.39 is 11.0 Å². The second-order valence-electron chi connectivity index (χ2n) is 12.5. The van der Waals surface area contributed by atoms with Crippen LogP contribution in [-0.2, 0) is 23.1 Å². The third kappa shape index (κ3) is 4.81. The maximum atomic E-state index is 13.4. The first-order valence-corrected chi connectivity index (χ1v) is 15.2. The zero-order valence-electron chi connectivity index (χ0n) is 24.9. The molecule has 3 aromatic carbocycles. The molecule has 2 aliphatic carbocycles. The van der Waals surface area contributed by atoms with Crippen LogP contribution in [0.15, 0.2) is 72.8 Å². The van der Waals surface area contributed by atoms with Gasteiger partial charge in [-0.1, -0.05) is 66.2 Å². The summed E-state index contributed by atoms with van der Waals surface area (Å²) in [5, 5.41) is 23.7. The Labute approximate surface area is 249 Å². The molecule has 6 nitrogen and oxygen atoms in total. The summed E-state index contributed by atoms with van der Waals surface area (Å²) >= 11 is 0. The first-order chi connectivity index (χ1) is 20.3. The molecule has 2 bridgehead atoms. The molecule has 3 aliphatic rings. The molecule has 1 heterocycles. The zero-order valence-corrected chi connectivity index (χ0v) is 24.9. The predicted octanol–water partition coefficient (Wildman–Crippen LogP) is 5.28. The quantitative estimate of drug-likeness (QED) is 0.381. The number of benzene rings is 3. The van der Waals surface area contributed by atoms with Crippen LogP contribution >= 0.6 is 0 Å². The van der Waals surface area contributed by atoms with Gasteiger partial charge in [-0.15, -0.1) is 0 Å². The molecule has 6 heteroatoms. The molecule has 6 rings (SSSR count). The van der Waals surface area contributed by atoms with Crippen LogP contribution in [0.3, 0.4) is 0 Å². The largest absolute Gasteiger partial charge is 0.504 e. The molecule has 1 saturated carbocycles. The number of phenols is 1. The monoisotopic (exact) mass is 566 g/mol. The van der Waals surface area contributed by atoms with Crippen LogP contribution in [-0.4, -0.2) is 70.9 Å². The third-order valence-electron chi connectivity index (χ3n) is 10.3. The fourth-order valence-corrected chi connectivity index (χ4v) is 8.12. The summed E-state index contributed by atoms with van der Waals surface area (Å²) in [4.78, 5) is 17.7. The van der Waals surface area contributed by atoms with E-state index in [1.807, 2.05) is 55.3 Å². The van der Waals surface area contributed by atoms with Crippen LogP contribution in [0.4, 0.5) is 0 Å². The number of carbonyl (C=O) groups is 1. The average Bonchev–Trinajstić information content (AvgIpc) is 2.99. The van der Waals surface area contributed by atoms with Gasteiger partial charge < -0.3 is 19.8 Å². The van der Waals surface area contributed by atoms with Crippen molar-refractivity contribution in [3.8, 4) is 11.5 Å². The lowest BCUT2D eigenvalue weighted by Crippen LogP contribution is -2.74. The highest BCUT2D eigenvalue weighted by Gasteiger charge is 2.66. The lowest BCUT2D eigenvalue weighted by atomic mass is 9.48. The number of likely N-dealkylation sites (tertiary alicyclic amines) is 1. The molecule has 4 atom stereocenters. The minimum absolute atomic E-state index is 0.0418. The summed E-state index contributed by atoms with van der Waals surface area (Å²) in [6.45, 7) is 3.76. The average molecular weight is 567 g/mol. The summed E-state index contributed by atoms with van der Waals surface area (Å²) in [6.07, 6.45) is 7.83. The van der Waals surface area contributed by atoms with Crippen molar-refractivity contribution in [2.45, 2.75) is 68.5 Å². The van der Waals surface area contributed by atoms with Gasteiger partial charge in [-0.3, -0.25) is 9.69 Å². The van der Waals surface area contributed by atoms with E-state index in [1.165, 1.54) is 5.56 Å². The molecule has 0 spiro atoms. The van der Waals surface area contributed by atoms with Crippen LogP contribution in [0, 0.1) is 6.92 Å². The van der Waals surface area contributed by atoms with Gasteiger partial charge in [0.05, 0.1) is 12.7 Å². The highest BCUT2D eigenvalue weighted by molar-refractivity contribution is 5.91. The molecule has 0 aromatic heterocycles. The molecular formula is C36H42N2O4. The van der Waals surface area contributed by atoms with Crippen LogP contribution in [0.1, 0.15) is 53.5 Å². The second kappa shape index (κ2) is 11.2. The van der Waals surface area contributed by atoms with Gasteiger partial charge in [-0.05, 0) is 80.8 Å². The Morgan fingerprint density at radius 1 is 1.12 bits per heavy atom. The van der Waals surface area contributed by atoms with E-state index in [4.69, 9.17) is 4.74 Å². The number of aromatic hydroxyl groups is 1. The molecule has 2 fully saturated rings. The smallest absolute Gasteiger partial charge is 0.246 e. The van der Waals surface area contributed by atoms with E-state index >= 15 is 0 Å². The Kier molecular flexibility index (Phi) is 7.62. The standard InChI is InChI=1S/C36H42N2O4/c1-25-8-7-11-27(22-25)12-15-32(40)37(2)29-16-18-36(41)31-23-28-13-14-30(39)34(42-3)33(28)35(36,24-29)19-21-38(31)20-17-26-9-5-4-6-10-26/h4-15,22,29,31,39,41H,16-21,23-24H2,1-3H3/t29?,31-,35-,36-/m1/s1. The number of amides is 1. The highest BCUT2D eigenvalue weighted by Crippen LogP contribution is 2.61. The number of likely N-dealkylation sites (N-methyl/N-ethyl adjacent to an activating group) is 1. The molecule has 42 heavy (non-hydrogen) atoms. The van der Waals surface area contributed by atoms with E-state index in [0.29, 0.717) is 25.0 Å². The van der Waals surface area contributed by atoms with E-state index in [1.54, 1.807) is 19.3 Å². The molecule has 1 unspecified atom stereocenters. The van der Waals surface area contributed by atoms with Gasteiger partial charge in [0.1, 0.15) is 0 Å². The summed E-state index contributed by atoms with van der Waals surface area (Å²) in [6, 6.07) is 22.3. The maximum absolute atomic E-state index is 13.4. The molecule has 1 amide bonds. The SMILES string of the molecule is COc1c(O)ccc2c1[C@]13CCN(CCc4ccccc4)[C@H](C2)[C@]1(O)CCC(N(C)C(=O)C=Cc1cccc(C)c1)C3. The molecule has 220 valence electrons. The first kappa shape index (κ1) is 28.5. The number of hydrogen-bond acceptors (Lipinski definition) is 5. The van der Waals surface area contributed by atoms with E-state index in [-0.39, 0.29) is 23.7 Å². The number of aliphatic hydroxyl groups is 1. The lowest BCUT2D eigenvalue weighted by molar-refractivity contribution is -0.177. The van der Waals surface area contributed by atoms with Crippen molar-refractivity contribution in [1.29, 1.82) is 0 Å². The fourth-order valence-electron chi connectivity index (χ4n) is 8.12. The molecule has 2 N–H and O–H groups in total. The number of piperidine rings is 1. The number of carbonyl (C=O) groups excluding carboxylic acids is 1. The number of nitrogens with zero attached hydrogens (tertiary/aromatic N) is 2. The van der Waals surface area contributed by atoms with Crippen LogP contribution < -0.4 is 4.74 Å². The van der Waals surface area contributed by atoms with Crippen LogP contribution in [0.2, 0.25) is 0 Å². The van der Waals surface area contributed by atoms with Gasteiger partial charge >= 0.3 is 0 Å². The molecule has 3 aromatic rings. The number of ether oxygens (including phenoxy) is 1. The van der Waals surface area contributed by atoms with Gasteiger partial charge in [0, 0.05) is 42.7 Å². The van der Waals surface area contributed by atoms with Gasteiger partial charge in [-0.25, -0.2) is 0 Å². The third-order valence-corrected chi connectivity index (χ3v) is 10.3. The lowest BCUT2D eigenvalue weighted by Gasteiger charge is -2.65. The normalized spacial score (nSPS) is 26.9. The van der Waals surface area contributed by atoms with Crippen molar-refractivity contribution in [2.75, 3.05) is 27.2 Å². The Bertz CT molecular complexity index is 1490. The van der Waals surface area contributed by atoms with Gasteiger partial charge in [-0.2, -0.15) is 0 Å². The summed E-state index contributed by atoms with van der Waals surface area (Å²) in [5.74, 6) is 0.528. The van der Waals surface area contributed by atoms with E-state index in [2.05, 4.69) is 35.2 Å². The van der Waals surface area contributed by atoms with Crippen molar-refractivity contribution in [1.82, 2.24) is 9.80 Å². The number of aryl methyl sites for hydroxylation is 1. The number of fused-ring (bicyclic) bond motifs is 1. The number of rotatable bonds is 7. The molecule has 1 saturated heterocycles. The molecule has 1 aliphatic heterocycles. The Hall–Kier alpha value is -3.61. The Balaban J connectivity index is 1.32. The zero-order chi connectivity index (χ0) is 29.5. The van der Waals surface area contributed by atoms with Crippen molar-refractivity contribution in [2.24, 2.45) is 0 Å². The topological polar surface area (TPSA) is 73.2 Å². The molecular weight excluding hydrogens is 524 g/mol. The van der Waals surface area contributed by atoms with Crippen LogP contribution in [0.25, 0.3) is 6.08 Å². The summed E-state index contributed by atoms with van der Waals surface area (Å²) in [5.41, 5.74) is 3.89. The minimum atomic E-state index is -0.992. The van der Waals surface area contributed by atoms with Crippen LogP contribution in [0.5, 0.6) is 11.5 Å². The van der Waals surface area contributed by atoms with Crippen molar-refractivity contribution < 1.29 is 19.7 Å². The Morgan fingerprint density at radius 3 is 2.69 bits per heavy atom. The number of methoxy groups -OCH3 is 1. The predicted molar refractivity (Wildman–Crippen MR) is 166 cm³/mol. The minimum Gasteiger partial charge on any atom is -0.504 e. The van der Waals surface area contributed by atoms with Crippen molar-refractivity contribution in [3.05, 3.63) is 101 Å². The van der Waals surface area contributed by atoms with E-state index in [0.717, 1.165) is 54.6 Å². The maximum Gasteiger partial charge on any atom is 0.246 e. The van der Waals surface area contributed by atoms with Gasteiger partial charge in [0.15, 0.2) is 11.5 Å². The first-order valence-electron chi connectivity index (χ1n) is 15.2. The number of phenolic OH excluding ortho intramolecular Hbond substituents is 1. The Morgan fingerprint density at radius 2 is 1.93 bits per heavy atom. The molecule has 0 radical (unpaired) electrons. The van der Waals surface area contributed by atoms with Crippen molar-refractivity contribution >= 4 is 12.0 Å². The van der Waals surface area contributed by atoms with Gasteiger partial charge in [0.2, 0.25) is 5.91 Å². The highest BCUT2D eigenvalue weighted by atomic mass is 16.5. The van der Waals surface area contributed by atoms with Crippen molar-refractivity contribution in [3.63, 3.8) is 0 Å². The second-order valence-corrected chi connectivity index (χ2v) is 12.5. The summed E-state index contributed by atoms with van der Waals surface area (Å²) in [7, 11) is 3.47. The summed E-state index contributed by atoms with van der Waals surface area (Å²) < 4.78 is 5.83. The fraction of sp³-hybridized carbons (Fsp3) is 0.417. The number of hydrogen-bond donors (Lipinski definition) is 2. The van der Waals surface area contributed by atoms with Gasteiger partial charge in [0.25, 0.3) is 0 Å².